The molecule has 0 N–H and O–H groups in total. The predicted molar refractivity (Wildman–Crippen MR) is 140 cm³/mol. The van der Waals surface area contributed by atoms with E-state index in [4.69, 9.17) is 0 Å². The van der Waals surface area contributed by atoms with Gasteiger partial charge in [-0.1, -0.05) is 31.4 Å². The van der Waals surface area contributed by atoms with E-state index < -0.39 is 0 Å². The second kappa shape index (κ2) is 14.8. The lowest BCUT2D eigenvalue weighted by Gasteiger charge is -2.40. The molecule has 28 heavy (non-hydrogen) atoms. The second-order valence-electron chi connectivity index (χ2n) is 8.20. The van der Waals surface area contributed by atoms with Gasteiger partial charge in [-0.05, 0) is 93.6 Å². The van der Waals surface area contributed by atoms with E-state index >= 15 is 0 Å². The fourth-order valence-corrected chi connectivity index (χ4v) is 11.2. The summed E-state index contributed by atoms with van der Waals surface area (Å²) >= 11 is 9.20. The molecule has 0 aromatic heterocycles. The van der Waals surface area contributed by atoms with Gasteiger partial charge in [0.05, 0.1) is 8.16 Å². The van der Waals surface area contributed by atoms with Crippen LogP contribution in [0.5, 0.6) is 0 Å². The lowest BCUT2D eigenvalue weighted by molar-refractivity contribution is 0.522. The molecule has 0 nitrogen and oxygen atoms in total. The Bertz CT molecular complexity index is 422. The summed E-state index contributed by atoms with van der Waals surface area (Å²) in [4.78, 5) is 0. The van der Waals surface area contributed by atoms with Gasteiger partial charge in [0.1, 0.15) is 0 Å². The van der Waals surface area contributed by atoms with Crippen molar-refractivity contribution in [3.05, 3.63) is 25.3 Å². The third-order valence-corrected chi connectivity index (χ3v) is 13.0. The fourth-order valence-electron chi connectivity index (χ4n) is 4.23. The maximum absolute atomic E-state index is 3.89. The number of thioether (sulfide) groups is 4. The van der Waals surface area contributed by atoms with E-state index in [1.54, 1.807) is 0 Å². The molecule has 0 saturated carbocycles. The summed E-state index contributed by atoms with van der Waals surface area (Å²) < 4.78 is 1.05. The SMILES string of the molecule is C=CCCCCCC1(CCCC2(CCCCC=C)SCCCS2)SCCCS1. The third-order valence-electron chi connectivity index (χ3n) is 5.84. The summed E-state index contributed by atoms with van der Waals surface area (Å²) in [6.07, 6.45) is 23.3. The Balaban J connectivity index is 1.81. The van der Waals surface area contributed by atoms with Crippen LogP contribution in [0.2, 0.25) is 0 Å². The Kier molecular flexibility index (Phi) is 13.3. The molecule has 162 valence electrons. The van der Waals surface area contributed by atoms with E-state index in [9.17, 15) is 0 Å². The zero-order valence-corrected chi connectivity index (χ0v) is 21.2. The molecule has 2 saturated heterocycles. The van der Waals surface area contributed by atoms with Crippen molar-refractivity contribution < 1.29 is 0 Å². The molecule has 0 spiro atoms. The topological polar surface area (TPSA) is 0 Å². The van der Waals surface area contributed by atoms with Crippen LogP contribution in [0.25, 0.3) is 0 Å². The zero-order valence-electron chi connectivity index (χ0n) is 17.9. The molecule has 0 aromatic carbocycles. The Morgan fingerprint density at radius 1 is 0.536 bits per heavy atom. The van der Waals surface area contributed by atoms with E-state index in [0.29, 0.717) is 8.16 Å². The molecule has 2 heterocycles. The maximum atomic E-state index is 3.89. The van der Waals surface area contributed by atoms with Gasteiger partial charge >= 0.3 is 0 Å². The van der Waals surface area contributed by atoms with Crippen LogP contribution in [0.4, 0.5) is 0 Å². The quantitative estimate of drug-likeness (QED) is 0.177. The minimum atomic E-state index is 0.522. The van der Waals surface area contributed by atoms with E-state index in [1.165, 1.54) is 113 Å². The minimum absolute atomic E-state index is 0.522. The first kappa shape index (κ1) is 25.1. The summed E-state index contributed by atoms with van der Waals surface area (Å²) in [7, 11) is 0. The van der Waals surface area contributed by atoms with Crippen LogP contribution in [0.1, 0.15) is 89.9 Å². The summed E-state index contributed by atoms with van der Waals surface area (Å²) in [6, 6.07) is 0. The van der Waals surface area contributed by atoms with Gasteiger partial charge in [0, 0.05) is 0 Å². The van der Waals surface area contributed by atoms with Gasteiger partial charge in [0.25, 0.3) is 0 Å². The Morgan fingerprint density at radius 2 is 0.929 bits per heavy atom. The minimum Gasteiger partial charge on any atom is -0.144 e. The number of rotatable bonds is 15. The van der Waals surface area contributed by atoms with E-state index in [0.717, 1.165) is 0 Å². The number of hydrogen-bond acceptors (Lipinski definition) is 4. The first-order valence-electron chi connectivity index (χ1n) is 11.5. The van der Waals surface area contributed by atoms with Crippen molar-refractivity contribution in [2.24, 2.45) is 0 Å². The largest absolute Gasteiger partial charge is 0.144 e. The second-order valence-corrected chi connectivity index (χ2v) is 14.6. The van der Waals surface area contributed by atoms with Gasteiger partial charge < -0.3 is 0 Å². The van der Waals surface area contributed by atoms with Gasteiger partial charge in [0.2, 0.25) is 0 Å². The smallest absolute Gasteiger partial charge is 0.0611 e. The van der Waals surface area contributed by atoms with Crippen molar-refractivity contribution in [1.82, 2.24) is 0 Å². The summed E-state index contributed by atoms with van der Waals surface area (Å²) in [5.74, 6) is 5.53. The van der Waals surface area contributed by atoms with Crippen LogP contribution < -0.4 is 0 Å². The Labute approximate surface area is 192 Å². The predicted octanol–water partition coefficient (Wildman–Crippen LogP) is 9.17. The van der Waals surface area contributed by atoms with Gasteiger partial charge in [-0.15, -0.1) is 60.2 Å². The van der Waals surface area contributed by atoms with Crippen molar-refractivity contribution in [1.29, 1.82) is 0 Å². The zero-order chi connectivity index (χ0) is 20.0. The highest BCUT2D eigenvalue weighted by Gasteiger charge is 2.36. The van der Waals surface area contributed by atoms with Crippen molar-refractivity contribution in [3.63, 3.8) is 0 Å². The highest BCUT2D eigenvalue weighted by Crippen LogP contribution is 2.53. The lowest BCUT2D eigenvalue weighted by Crippen LogP contribution is -2.28. The van der Waals surface area contributed by atoms with Crippen LogP contribution in [-0.4, -0.2) is 31.2 Å². The summed E-state index contributed by atoms with van der Waals surface area (Å²) in [6.45, 7) is 7.76. The first-order chi connectivity index (χ1) is 13.7. The highest BCUT2D eigenvalue weighted by atomic mass is 32.2. The van der Waals surface area contributed by atoms with Gasteiger partial charge in [0.15, 0.2) is 0 Å². The van der Waals surface area contributed by atoms with Crippen molar-refractivity contribution in [3.8, 4) is 0 Å². The average Bonchev–Trinajstić information content (AvgIpc) is 2.73. The molecule has 0 bridgehead atoms. The van der Waals surface area contributed by atoms with Crippen LogP contribution in [-0.2, 0) is 0 Å². The molecule has 0 aromatic rings. The molecule has 0 aliphatic carbocycles. The summed E-state index contributed by atoms with van der Waals surface area (Å²) in [5.41, 5.74) is 0. The van der Waals surface area contributed by atoms with E-state index in [1.807, 2.05) is 0 Å². The Morgan fingerprint density at radius 3 is 1.39 bits per heavy atom. The molecule has 0 unspecified atom stereocenters. The molecule has 2 rings (SSSR count). The van der Waals surface area contributed by atoms with E-state index in [-0.39, 0.29) is 0 Å². The number of allylic oxidation sites excluding steroid dienone is 2. The molecular weight excluding hydrogens is 417 g/mol. The van der Waals surface area contributed by atoms with Crippen molar-refractivity contribution >= 4 is 47.0 Å². The average molecular weight is 459 g/mol. The molecule has 4 heteroatoms. The van der Waals surface area contributed by atoms with Crippen LogP contribution in [0.3, 0.4) is 0 Å². The monoisotopic (exact) mass is 458 g/mol. The standard InChI is InChI=1S/C24H42S4/c1-3-5-7-9-11-16-24(27-21-14-22-28-24)18-12-17-23(15-10-8-6-4-2)25-19-13-20-26-23/h3-4H,1-2,5-22H2. The van der Waals surface area contributed by atoms with Crippen LogP contribution in [0, 0.1) is 0 Å². The molecule has 2 aliphatic rings. The normalized spacial score (nSPS) is 21.3. The maximum Gasteiger partial charge on any atom is 0.0611 e. The van der Waals surface area contributed by atoms with Gasteiger partial charge in [-0.25, -0.2) is 0 Å². The third kappa shape index (κ3) is 9.35. The molecule has 2 aliphatic heterocycles. The first-order valence-corrected chi connectivity index (χ1v) is 15.5. The number of unbranched alkanes of at least 4 members (excludes halogenated alkanes) is 5. The molecular formula is C24H42S4. The highest BCUT2D eigenvalue weighted by molar-refractivity contribution is 8.19. The van der Waals surface area contributed by atoms with E-state index in [2.05, 4.69) is 72.4 Å². The molecule has 2 fully saturated rings. The van der Waals surface area contributed by atoms with Crippen molar-refractivity contribution in [2.75, 3.05) is 23.0 Å². The van der Waals surface area contributed by atoms with Crippen LogP contribution >= 0.6 is 47.0 Å². The molecule has 0 atom stereocenters. The van der Waals surface area contributed by atoms with Gasteiger partial charge in [-0.3, -0.25) is 0 Å². The summed E-state index contributed by atoms with van der Waals surface area (Å²) in [5, 5.41) is 0. The van der Waals surface area contributed by atoms with Crippen molar-refractivity contribution in [2.45, 2.75) is 98.0 Å². The lowest BCUT2D eigenvalue weighted by atomic mass is 10.0. The van der Waals surface area contributed by atoms with Crippen LogP contribution in [0.15, 0.2) is 25.3 Å². The molecule has 0 amide bonds. The Hall–Kier alpha value is 0.880. The molecule has 0 radical (unpaired) electrons. The van der Waals surface area contributed by atoms with Gasteiger partial charge in [-0.2, -0.15) is 0 Å². The fraction of sp³-hybridized carbons (Fsp3) is 0.833. The number of hydrogen-bond donors (Lipinski definition) is 0.